The van der Waals surface area contributed by atoms with Crippen molar-refractivity contribution in [3.05, 3.63) is 27.7 Å². The molecule has 0 unspecified atom stereocenters. The lowest BCUT2D eigenvalue weighted by atomic mass is 10.2. The lowest BCUT2D eigenvalue weighted by Gasteiger charge is -2.11. The maximum Gasteiger partial charge on any atom is 0.0470 e. The average molecular weight is 218 g/mol. The van der Waals surface area contributed by atoms with Crippen molar-refractivity contribution in [2.24, 2.45) is 0 Å². The Balaban J connectivity index is 2.99. The monoisotopic (exact) mass is 217 g/mol. The maximum atomic E-state index is 5.98. The second kappa shape index (κ2) is 4.21. The number of halogens is 2. The summed E-state index contributed by atoms with van der Waals surface area (Å²) in [5, 5.41) is 4.65. The van der Waals surface area contributed by atoms with Gasteiger partial charge in [0.25, 0.3) is 0 Å². The van der Waals surface area contributed by atoms with Crippen molar-refractivity contribution in [3.63, 3.8) is 0 Å². The molecule has 0 aliphatic heterocycles. The Kier molecular flexibility index (Phi) is 3.46. The Morgan fingerprint density at radius 1 is 1.15 bits per heavy atom. The molecule has 72 valence electrons. The first-order valence-corrected chi connectivity index (χ1v) is 4.98. The summed E-state index contributed by atoms with van der Waals surface area (Å²) in [5.41, 5.74) is 1.90. The van der Waals surface area contributed by atoms with Gasteiger partial charge in [0.1, 0.15) is 0 Å². The van der Waals surface area contributed by atoms with E-state index in [1.807, 2.05) is 19.1 Å². The van der Waals surface area contributed by atoms with E-state index in [1.54, 1.807) is 0 Å². The van der Waals surface area contributed by atoms with E-state index in [9.17, 15) is 0 Å². The summed E-state index contributed by atoms with van der Waals surface area (Å²) in [6, 6.07) is 4.17. The molecule has 0 saturated carbocycles. The van der Waals surface area contributed by atoms with Crippen LogP contribution in [0.4, 0.5) is 5.69 Å². The largest absolute Gasteiger partial charge is 0.383 e. The maximum absolute atomic E-state index is 5.98. The van der Waals surface area contributed by atoms with Gasteiger partial charge >= 0.3 is 0 Å². The number of benzene rings is 1. The zero-order valence-electron chi connectivity index (χ0n) is 7.99. The minimum atomic E-state index is 0.384. The normalized spacial score (nSPS) is 10.6. The minimum absolute atomic E-state index is 0.384. The topological polar surface area (TPSA) is 12.0 Å². The summed E-state index contributed by atoms with van der Waals surface area (Å²) in [6.45, 7) is 6.05. The zero-order chi connectivity index (χ0) is 10.0. The van der Waals surface area contributed by atoms with Gasteiger partial charge in [0.15, 0.2) is 0 Å². The summed E-state index contributed by atoms with van der Waals surface area (Å²) in [7, 11) is 0. The van der Waals surface area contributed by atoms with Crippen LogP contribution in [0.1, 0.15) is 19.4 Å². The Morgan fingerprint density at radius 2 is 1.62 bits per heavy atom. The average Bonchev–Trinajstić information content (AvgIpc) is 1.98. The fourth-order valence-electron chi connectivity index (χ4n) is 1.06. The van der Waals surface area contributed by atoms with Gasteiger partial charge < -0.3 is 5.32 Å². The third-order valence-corrected chi connectivity index (χ3v) is 2.52. The van der Waals surface area contributed by atoms with Crippen LogP contribution >= 0.6 is 23.2 Å². The number of nitrogens with one attached hydrogen (secondary N) is 1. The Labute approximate surface area is 89.0 Å². The molecule has 0 spiro atoms. The van der Waals surface area contributed by atoms with Crippen molar-refractivity contribution in [2.45, 2.75) is 26.8 Å². The summed E-state index contributed by atoms with van der Waals surface area (Å²) in [6.07, 6.45) is 0. The van der Waals surface area contributed by atoms with E-state index in [4.69, 9.17) is 23.2 Å². The fourth-order valence-corrected chi connectivity index (χ4v) is 1.55. The Bertz CT molecular complexity index is 285. The van der Waals surface area contributed by atoms with Gasteiger partial charge in [-0.05, 0) is 38.5 Å². The quantitative estimate of drug-likeness (QED) is 0.787. The number of hydrogen-bond acceptors (Lipinski definition) is 1. The van der Waals surface area contributed by atoms with Gasteiger partial charge in [0.05, 0.1) is 0 Å². The first-order valence-electron chi connectivity index (χ1n) is 4.23. The van der Waals surface area contributed by atoms with E-state index in [-0.39, 0.29) is 0 Å². The van der Waals surface area contributed by atoms with Crippen molar-refractivity contribution >= 4 is 28.9 Å². The van der Waals surface area contributed by atoms with Crippen LogP contribution in [-0.2, 0) is 0 Å². The van der Waals surface area contributed by atoms with E-state index in [2.05, 4.69) is 19.2 Å². The SMILES string of the molecule is Cc1c(Cl)cc(NC(C)C)cc1Cl. The number of hydrogen-bond donors (Lipinski definition) is 1. The molecule has 0 bridgehead atoms. The van der Waals surface area contributed by atoms with Crippen LogP contribution in [0.3, 0.4) is 0 Å². The summed E-state index contributed by atoms with van der Waals surface area (Å²) < 4.78 is 0. The molecular weight excluding hydrogens is 205 g/mol. The predicted octanol–water partition coefficient (Wildman–Crippen LogP) is 4.12. The third kappa shape index (κ3) is 2.78. The molecule has 1 nitrogen and oxygen atoms in total. The summed E-state index contributed by atoms with van der Waals surface area (Å²) in [5.74, 6) is 0. The molecule has 1 aromatic rings. The second-order valence-electron chi connectivity index (χ2n) is 3.36. The van der Waals surface area contributed by atoms with Crippen LogP contribution < -0.4 is 5.32 Å². The lowest BCUT2D eigenvalue weighted by Crippen LogP contribution is -2.09. The van der Waals surface area contributed by atoms with E-state index in [0.717, 1.165) is 11.3 Å². The molecule has 0 aromatic heterocycles. The second-order valence-corrected chi connectivity index (χ2v) is 4.18. The van der Waals surface area contributed by atoms with Gasteiger partial charge in [-0.1, -0.05) is 23.2 Å². The zero-order valence-corrected chi connectivity index (χ0v) is 9.50. The van der Waals surface area contributed by atoms with Crippen LogP contribution in [0.25, 0.3) is 0 Å². The molecule has 0 atom stereocenters. The smallest absolute Gasteiger partial charge is 0.0470 e. The van der Waals surface area contributed by atoms with Gasteiger partial charge in [-0.15, -0.1) is 0 Å². The highest BCUT2D eigenvalue weighted by Crippen LogP contribution is 2.28. The Morgan fingerprint density at radius 3 is 2.00 bits per heavy atom. The molecule has 0 fully saturated rings. The van der Waals surface area contributed by atoms with Gasteiger partial charge in [0.2, 0.25) is 0 Å². The van der Waals surface area contributed by atoms with Crippen LogP contribution in [0.15, 0.2) is 12.1 Å². The summed E-state index contributed by atoms with van der Waals surface area (Å²) >= 11 is 12.0. The molecule has 0 aliphatic rings. The van der Waals surface area contributed by atoms with Crippen LogP contribution in [0, 0.1) is 6.92 Å². The van der Waals surface area contributed by atoms with Crippen LogP contribution in [-0.4, -0.2) is 6.04 Å². The highest BCUT2D eigenvalue weighted by atomic mass is 35.5. The van der Waals surface area contributed by atoms with Gasteiger partial charge in [-0.25, -0.2) is 0 Å². The molecule has 1 N–H and O–H groups in total. The van der Waals surface area contributed by atoms with E-state index >= 15 is 0 Å². The third-order valence-electron chi connectivity index (χ3n) is 1.74. The molecule has 0 aliphatic carbocycles. The van der Waals surface area contributed by atoms with Gasteiger partial charge in [-0.3, -0.25) is 0 Å². The summed E-state index contributed by atoms with van der Waals surface area (Å²) in [4.78, 5) is 0. The molecule has 13 heavy (non-hydrogen) atoms. The first kappa shape index (κ1) is 10.7. The highest BCUT2D eigenvalue weighted by molar-refractivity contribution is 6.36. The highest BCUT2D eigenvalue weighted by Gasteiger charge is 2.04. The molecule has 3 heteroatoms. The predicted molar refractivity (Wildman–Crippen MR) is 60.0 cm³/mol. The van der Waals surface area contributed by atoms with E-state index < -0.39 is 0 Å². The standard InChI is InChI=1S/C10H13Cl2N/c1-6(2)13-8-4-9(11)7(3)10(12)5-8/h4-6,13H,1-3H3. The number of anilines is 1. The molecule has 1 aromatic carbocycles. The van der Waals surface area contributed by atoms with Crippen LogP contribution in [0.5, 0.6) is 0 Å². The molecular formula is C10H13Cl2N. The van der Waals surface area contributed by atoms with E-state index in [1.165, 1.54) is 0 Å². The molecule has 0 radical (unpaired) electrons. The van der Waals surface area contributed by atoms with Crippen molar-refractivity contribution in [1.29, 1.82) is 0 Å². The van der Waals surface area contributed by atoms with Crippen molar-refractivity contribution in [3.8, 4) is 0 Å². The van der Waals surface area contributed by atoms with E-state index in [0.29, 0.717) is 16.1 Å². The van der Waals surface area contributed by atoms with Crippen molar-refractivity contribution in [1.82, 2.24) is 0 Å². The van der Waals surface area contributed by atoms with Crippen molar-refractivity contribution < 1.29 is 0 Å². The number of rotatable bonds is 2. The molecule has 0 saturated heterocycles. The molecule has 1 rings (SSSR count). The Hall–Kier alpha value is -0.400. The fraction of sp³-hybridized carbons (Fsp3) is 0.400. The van der Waals surface area contributed by atoms with Gasteiger partial charge in [0, 0.05) is 21.8 Å². The molecule has 0 heterocycles. The molecule has 0 amide bonds. The first-order chi connectivity index (χ1) is 6.00. The van der Waals surface area contributed by atoms with Crippen molar-refractivity contribution in [2.75, 3.05) is 5.32 Å². The lowest BCUT2D eigenvalue weighted by molar-refractivity contribution is 0.899. The van der Waals surface area contributed by atoms with Gasteiger partial charge in [-0.2, -0.15) is 0 Å². The van der Waals surface area contributed by atoms with Crippen LogP contribution in [0.2, 0.25) is 10.0 Å². The minimum Gasteiger partial charge on any atom is -0.383 e.